The fourth-order valence-electron chi connectivity index (χ4n) is 4.87. The number of ether oxygens (including phenoxy) is 1. The summed E-state index contributed by atoms with van der Waals surface area (Å²) < 4.78 is 6.04. The molecule has 1 saturated heterocycles. The first kappa shape index (κ1) is 21.2. The molecule has 4 heterocycles. The Labute approximate surface area is 202 Å². The lowest BCUT2D eigenvalue weighted by atomic mass is 9.95. The summed E-state index contributed by atoms with van der Waals surface area (Å²) in [4.78, 5) is 29.4. The number of amides is 1. The van der Waals surface area contributed by atoms with Crippen LogP contribution in [-0.4, -0.2) is 33.9 Å². The van der Waals surface area contributed by atoms with Gasteiger partial charge in [0.2, 0.25) is 23.7 Å². The molecule has 2 aromatic carbocycles. The minimum Gasteiger partial charge on any atom is -0.457 e. The van der Waals surface area contributed by atoms with Crippen LogP contribution < -0.4 is 19.9 Å². The van der Waals surface area contributed by atoms with Gasteiger partial charge in [0.1, 0.15) is 16.9 Å². The molecule has 1 aliphatic rings. The first-order valence-corrected chi connectivity index (χ1v) is 11.9. The van der Waals surface area contributed by atoms with E-state index in [9.17, 15) is 4.79 Å². The van der Waals surface area contributed by atoms with Crippen LogP contribution in [0.4, 0.5) is 11.5 Å². The number of H-pyrrole nitrogens is 3. The van der Waals surface area contributed by atoms with E-state index in [0.717, 1.165) is 70.7 Å². The second-order valence-corrected chi connectivity index (χ2v) is 9.05. The van der Waals surface area contributed by atoms with Gasteiger partial charge in [-0.25, -0.2) is 4.98 Å². The zero-order chi connectivity index (χ0) is 23.8. The molecule has 1 amide bonds. The molecule has 0 radical (unpaired) electrons. The molecule has 1 fully saturated rings. The van der Waals surface area contributed by atoms with Gasteiger partial charge in [0, 0.05) is 41.0 Å². The summed E-state index contributed by atoms with van der Waals surface area (Å²) in [6.07, 6.45) is 7.19. The van der Waals surface area contributed by atoms with Crippen LogP contribution >= 0.6 is 0 Å². The highest BCUT2D eigenvalue weighted by molar-refractivity contribution is 5.93. The number of carbonyl (C=O) groups excluding carboxylic acids is 1. The van der Waals surface area contributed by atoms with E-state index in [1.165, 1.54) is 0 Å². The number of rotatable bonds is 5. The monoisotopic (exact) mass is 467 g/mol. The molecule has 176 valence electrons. The van der Waals surface area contributed by atoms with Crippen molar-refractivity contribution < 1.29 is 14.5 Å². The second kappa shape index (κ2) is 8.79. The quantitative estimate of drug-likeness (QED) is 0.345. The van der Waals surface area contributed by atoms with Crippen LogP contribution in [0.1, 0.15) is 18.4 Å². The molecule has 3 aromatic heterocycles. The van der Waals surface area contributed by atoms with Crippen LogP contribution in [0, 0.1) is 12.8 Å². The molecule has 0 saturated carbocycles. The third-order valence-corrected chi connectivity index (χ3v) is 6.73. The average Bonchev–Trinajstić information content (AvgIpc) is 3.50. The molecule has 0 atom stereocenters. The highest BCUT2D eigenvalue weighted by Crippen LogP contribution is 2.30. The van der Waals surface area contributed by atoms with Gasteiger partial charge in [-0.3, -0.25) is 9.69 Å². The topological polar surface area (TPSA) is 100 Å². The number of piperidine rings is 1. The standard InChI is InChI=1S/C27H26N6O2/c1-17-15-29-25-24(17)26(31-16-30-25)33-11-8-18(9-12-33)27(34)32-20-3-2-4-21(14-20)35-22-5-6-23-19(13-22)7-10-28-23/h2-7,10,13-16,18,28H,8-9,11-12H2,1H3,(H,32,34)(H,29,30,31)/p+1. The Kier molecular flexibility index (Phi) is 5.33. The second-order valence-electron chi connectivity index (χ2n) is 9.05. The largest absolute Gasteiger partial charge is 0.457 e. The van der Waals surface area contributed by atoms with Crippen LogP contribution in [-0.2, 0) is 4.79 Å². The maximum Gasteiger partial charge on any atom is 0.234 e. The Balaban J connectivity index is 1.09. The number of hydrogen-bond donors (Lipinski definition) is 3. The number of fused-ring (bicyclic) bond motifs is 2. The molecule has 0 unspecified atom stereocenters. The number of aromatic nitrogens is 4. The molecule has 8 nitrogen and oxygen atoms in total. The first-order chi connectivity index (χ1) is 17.1. The van der Waals surface area contributed by atoms with E-state index in [1.807, 2.05) is 60.9 Å². The van der Waals surface area contributed by atoms with E-state index in [0.29, 0.717) is 5.75 Å². The van der Waals surface area contributed by atoms with Crippen molar-refractivity contribution >= 4 is 39.3 Å². The molecular formula is C27H27N6O2+. The molecule has 8 heteroatoms. The van der Waals surface area contributed by atoms with Crippen molar-refractivity contribution in [3.8, 4) is 11.5 Å². The van der Waals surface area contributed by atoms with Gasteiger partial charge < -0.3 is 20.0 Å². The van der Waals surface area contributed by atoms with Crippen LogP contribution in [0.2, 0.25) is 0 Å². The Morgan fingerprint density at radius 3 is 2.86 bits per heavy atom. The van der Waals surface area contributed by atoms with E-state index < -0.39 is 0 Å². The molecule has 0 spiro atoms. The van der Waals surface area contributed by atoms with Crippen LogP contribution in [0.15, 0.2) is 67.3 Å². The van der Waals surface area contributed by atoms with Crippen molar-refractivity contribution in [2.45, 2.75) is 19.8 Å². The highest BCUT2D eigenvalue weighted by Gasteiger charge is 2.30. The van der Waals surface area contributed by atoms with Crippen molar-refractivity contribution in [2.75, 3.05) is 23.3 Å². The van der Waals surface area contributed by atoms with E-state index in [-0.39, 0.29) is 11.8 Å². The molecule has 6 rings (SSSR count). The minimum atomic E-state index is -0.0310. The third-order valence-electron chi connectivity index (χ3n) is 6.73. The zero-order valence-corrected chi connectivity index (χ0v) is 19.5. The molecule has 5 aromatic rings. The lowest BCUT2D eigenvalue weighted by Crippen LogP contribution is -2.40. The zero-order valence-electron chi connectivity index (χ0n) is 19.5. The highest BCUT2D eigenvalue weighted by atomic mass is 16.5. The van der Waals surface area contributed by atoms with Crippen molar-refractivity contribution in [1.29, 1.82) is 0 Å². The van der Waals surface area contributed by atoms with Crippen molar-refractivity contribution in [1.82, 2.24) is 15.0 Å². The lowest BCUT2D eigenvalue weighted by Gasteiger charge is -2.28. The summed E-state index contributed by atoms with van der Waals surface area (Å²) in [5, 5.41) is 5.29. The average molecular weight is 468 g/mol. The molecule has 0 aliphatic carbocycles. The fourth-order valence-corrected chi connectivity index (χ4v) is 4.87. The van der Waals surface area contributed by atoms with E-state index in [1.54, 1.807) is 6.33 Å². The van der Waals surface area contributed by atoms with E-state index >= 15 is 0 Å². The summed E-state index contributed by atoms with van der Waals surface area (Å²) >= 11 is 0. The Hall–Kier alpha value is -4.33. The summed E-state index contributed by atoms with van der Waals surface area (Å²) in [5.74, 6) is 2.53. The Morgan fingerprint density at radius 2 is 1.97 bits per heavy atom. The molecule has 4 N–H and O–H groups in total. The summed E-state index contributed by atoms with van der Waals surface area (Å²) in [6.45, 7) is 3.70. The van der Waals surface area contributed by atoms with Gasteiger partial charge in [0.05, 0.1) is 13.1 Å². The number of hydrogen-bond acceptors (Lipinski definition) is 4. The predicted molar refractivity (Wildman–Crippen MR) is 136 cm³/mol. The van der Waals surface area contributed by atoms with E-state index in [4.69, 9.17) is 4.74 Å². The molecule has 1 aliphatic heterocycles. The van der Waals surface area contributed by atoms with E-state index in [2.05, 4.69) is 37.1 Å². The van der Waals surface area contributed by atoms with Gasteiger partial charge in [-0.1, -0.05) is 11.1 Å². The van der Waals surface area contributed by atoms with Gasteiger partial charge in [-0.15, -0.1) is 0 Å². The number of benzene rings is 2. The number of aromatic amines is 3. The Bertz CT molecular complexity index is 1510. The van der Waals surface area contributed by atoms with Crippen LogP contribution in [0.25, 0.3) is 21.9 Å². The lowest BCUT2D eigenvalue weighted by molar-refractivity contribution is -0.367. The number of anilines is 2. The Morgan fingerprint density at radius 1 is 1.11 bits per heavy atom. The van der Waals surface area contributed by atoms with Crippen LogP contribution in [0.3, 0.4) is 0 Å². The first-order valence-electron chi connectivity index (χ1n) is 11.9. The number of carbonyl (C=O) groups is 1. The fraction of sp³-hybridized carbons (Fsp3) is 0.222. The predicted octanol–water partition coefficient (Wildman–Crippen LogP) is 4.81. The van der Waals surface area contributed by atoms with Gasteiger partial charge in [0.15, 0.2) is 0 Å². The van der Waals surface area contributed by atoms with Crippen LogP contribution in [0.5, 0.6) is 11.5 Å². The molecule has 35 heavy (non-hydrogen) atoms. The summed E-state index contributed by atoms with van der Waals surface area (Å²) in [7, 11) is 0. The van der Waals surface area contributed by atoms with Gasteiger partial charge in [-0.2, -0.15) is 0 Å². The third kappa shape index (κ3) is 4.19. The maximum atomic E-state index is 13.0. The molecule has 0 bridgehead atoms. The smallest absolute Gasteiger partial charge is 0.234 e. The SMILES string of the molecule is Cc1c[nH]c2nc[nH+]c(N3CCC(C(=O)Nc4cccc(Oc5ccc6[nH]ccc6c5)c4)CC3)c12. The van der Waals surface area contributed by atoms with Gasteiger partial charge in [-0.05, 0) is 61.7 Å². The number of nitrogens with one attached hydrogen (secondary N) is 4. The maximum absolute atomic E-state index is 13.0. The normalized spacial score (nSPS) is 14.5. The minimum absolute atomic E-state index is 0.0310. The molecular weight excluding hydrogens is 440 g/mol. The summed E-state index contributed by atoms with van der Waals surface area (Å²) in [6, 6.07) is 15.5. The number of aryl methyl sites for hydroxylation is 1. The van der Waals surface area contributed by atoms with Gasteiger partial charge >= 0.3 is 0 Å². The summed E-state index contributed by atoms with van der Waals surface area (Å²) in [5.41, 5.74) is 3.85. The van der Waals surface area contributed by atoms with Crippen molar-refractivity contribution in [3.05, 3.63) is 72.8 Å². The van der Waals surface area contributed by atoms with Crippen molar-refractivity contribution in [3.63, 3.8) is 0 Å². The number of nitrogens with zero attached hydrogens (tertiary/aromatic N) is 2. The van der Waals surface area contributed by atoms with Crippen molar-refractivity contribution in [2.24, 2.45) is 5.92 Å². The van der Waals surface area contributed by atoms with Gasteiger partial charge in [0.25, 0.3) is 0 Å².